The number of ether oxygens (including phenoxy) is 4. The number of amides is 1. The van der Waals surface area contributed by atoms with Crippen molar-refractivity contribution in [3.63, 3.8) is 0 Å². The summed E-state index contributed by atoms with van der Waals surface area (Å²) in [4.78, 5) is 48.8. The summed E-state index contributed by atoms with van der Waals surface area (Å²) in [5, 5.41) is 26.9. The van der Waals surface area contributed by atoms with E-state index >= 15 is 0 Å². The molecule has 1 amide bonds. The number of aromatic amines is 1. The Hall–Kier alpha value is -7.04. The third-order valence-electron chi connectivity index (χ3n) is 19.8. The molecule has 8 heterocycles. The molecule has 5 aliphatic heterocycles. The average molecular weight is 1180 g/mol. The number of benzene rings is 3. The SMILES string of the molecule is COc1cc(C[C@@H]2CCN(C3CC4(CCN(c5ccc(C(=O)NS(=O)(=O)c6ccc(NC[C@H]7CC[C@](C)(O)CC7)c([N+](=O)[O-])c6)c(N6c7cc8cc[nH]c8nc7O[C@H]7COCC[C@@H]76)c5)CC4)C3)[C@@H](c3ccccc3C)C2)cnc1N1CCOCC1. The maximum Gasteiger partial charge on any atom is 0.293 e. The smallest absolute Gasteiger partial charge is 0.293 e. The summed E-state index contributed by atoms with van der Waals surface area (Å²) in [6.45, 7) is 10.9. The predicted octanol–water partition coefficient (Wildman–Crippen LogP) is 9.62. The number of pyridine rings is 2. The number of H-pyrrole nitrogens is 1. The quantitative estimate of drug-likeness (QED) is 0.0554. The second-order valence-electron chi connectivity index (χ2n) is 25.3. The number of aromatic nitrogens is 3. The van der Waals surface area contributed by atoms with Gasteiger partial charge in [0, 0.05) is 80.9 Å². The van der Waals surface area contributed by atoms with Crippen molar-refractivity contribution in [1.82, 2.24) is 24.6 Å². The number of carbonyl (C=O) groups excluding carboxylic acids is 1. The molecule has 0 radical (unpaired) electrons. The van der Waals surface area contributed by atoms with Gasteiger partial charge in [-0.15, -0.1) is 0 Å². The zero-order valence-corrected chi connectivity index (χ0v) is 49.7. The Labute approximate surface area is 496 Å². The lowest BCUT2D eigenvalue weighted by Gasteiger charge is -2.58. The third kappa shape index (κ3) is 11.6. The normalized spacial score (nSPS) is 25.4. The van der Waals surface area contributed by atoms with Gasteiger partial charge < -0.3 is 49.1 Å². The van der Waals surface area contributed by atoms with Crippen LogP contribution in [0.25, 0.3) is 11.0 Å². The number of aryl methyl sites for hydroxylation is 1. The van der Waals surface area contributed by atoms with Crippen LogP contribution in [0.3, 0.4) is 0 Å². The fraction of sp³-hybridized carbons (Fsp3) is 0.516. The van der Waals surface area contributed by atoms with Gasteiger partial charge in [0.2, 0.25) is 5.88 Å². The Morgan fingerprint density at radius 3 is 2.47 bits per heavy atom. The zero-order valence-electron chi connectivity index (χ0n) is 48.8. The second kappa shape index (κ2) is 23.3. The molecule has 3 aromatic heterocycles. The van der Waals surface area contributed by atoms with Gasteiger partial charge in [-0.1, -0.05) is 24.3 Å². The lowest BCUT2D eigenvalue weighted by Crippen LogP contribution is -2.57. The van der Waals surface area contributed by atoms with E-state index in [9.17, 15) is 28.4 Å². The molecule has 4 saturated heterocycles. The van der Waals surface area contributed by atoms with Gasteiger partial charge in [-0.3, -0.25) is 19.8 Å². The van der Waals surface area contributed by atoms with Gasteiger partial charge in [0.25, 0.3) is 21.6 Å². The van der Waals surface area contributed by atoms with Gasteiger partial charge in [0.05, 0.1) is 59.6 Å². The molecule has 4 N–H and O–H groups in total. The van der Waals surface area contributed by atoms with Crippen LogP contribution in [-0.2, 0) is 25.9 Å². The molecule has 4 atom stereocenters. The third-order valence-corrected chi connectivity index (χ3v) is 21.1. The van der Waals surface area contributed by atoms with Gasteiger partial charge in [-0.05, 0) is 180 Å². The van der Waals surface area contributed by atoms with E-state index in [0.29, 0.717) is 93.1 Å². The van der Waals surface area contributed by atoms with Gasteiger partial charge >= 0.3 is 0 Å². The maximum absolute atomic E-state index is 14.9. The number of piperidine rings is 2. The maximum atomic E-state index is 14.9. The minimum atomic E-state index is -4.64. The van der Waals surface area contributed by atoms with Crippen molar-refractivity contribution in [2.75, 3.05) is 92.8 Å². The molecule has 0 unspecified atom stereocenters. The summed E-state index contributed by atoms with van der Waals surface area (Å²) >= 11 is 0. The Morgan fingerprint density at radius 1 is 0.894 bits per heavy atom. The first kappa shape index (κ1) is 57.1. The summed E-state index contributed by atoms with van der Waals surface area (Å²) in [6.07, 6.45) is 14.2. The standard InChI is InChI=1S/C64H78N10O10S/c1-41-6-4-5-7-49(41)53-31-43(30-44-32-57(81-3)60(67-39-44)71-25-28-82-29-26-71)15-22-72(53)47-36-64(37-47)19-23-70(24-20-64)46-8-10-50(54(34-46)73-52-16-27-83-40-58(52)84-62-56(73)33-45-14-21-65-59(45)68-62)61(75)69-85(79,80)48-9-11-51(55(35-48)74(77)78)66-38-42-12-17-63(2,76)18-13-42/h4-11,14,21,32-35,39,42-43,47,52-53,58,66,76H,12-13,15-20,22-31,36-38,40H2,1-3H3,(H,65,68)(H,69,75)/t42-,43-,52-,53+,58-,63-/m0/s1. The number of sulfonamides is 1. The number of methoxy groups -OCH3 is 1. The summed E-state index contributed by atoms with van der Waals surface area (Å²) in [5.74, 6) is 1.89. The van der Waals surface area contributed by atoms with Gasteiger partial charge in [-0.2, -0.15) is 4.98 Å². The number of rotatable bonds is 15. The highest BCUT2D eigenvalue weighted by molar-refractivity contribution is 7.90. The first-order valence-corrected chi connectivity index (χ1v) is 32.0. The number of aliphatic hydroxyl groups is 1. The molecular weight excluding hydrogens is 1100 g/mol. The number of nitrogens with zero attached hydrogens (tertiary/aromatic N) is 7. The van der Waals surface area contributed by atoms with Gasteiger partial charge in [0.1, 0.15) is 23.1 Å². The number of hydrogen-bond acceptors (Lipinski definition) is 17. The molecule has 3 aromatic carbocycles. The lowest BCUT2D eigenvalue weighted by molar-refractivity contribution is -0.384. The summed E-state index contributed by atoms with van der Waals surface area (Å²) in [5.41, 5.74) is 6.00. The molecule has 7 aliphatic rings. The van der Waals surface area contributed by atoms with E-state index in [1.54, 1.807) is 13.2 Å². The number of morpholine rings is 1. The Balaban J connectivity index is 0.736. The van der Waals surface area contributed by atoms with Crippen molar-refractivity contribution in [3.8, 4) is 11.6 Å². The number of nitro benzene ring substituents is 1. The predicted molar refractivity (Wildman–Crippen MR) is 325 cm³/mol. The van der Waals surface area contributed by atoms with Crippen LogP contribution in [-0.4, -0.2) is 141 Å². The molecule has 6 aromatic rings. The van der Waals surface area contributed by atoms with Crippen LogP contribution in [0.2, 0.25) is 0 Å². The second-order valence-corrected chi connectivity index (χ2v) is 27.0. The molecule has 85 heavy (non-hydrogen) atoms. The monoisotopic (exact) mass is 1180 g/mol. The van der Waals surface area contributed by atoms with E-state index in [1.807, 2.05) is 37.4 Å². The van der Waals surface area contributed by atoms with E-state index in [2.05, 4.69) is 78.1 Å². The molecule has 21 heteroatoms. The van der Waals surface area contributed by atoms with E-state index in [-0.39, 0.29) is 28.6 Å². The zero-order chi connectivity index (χ0) is 58.6. The highest BCUT2D eigenvalue weighted by Gasteiger charge is 2.50. The number of likely N-dealkylation sites (tertiary alicyclic amines) is 1. The van der Waals surface area contributed by atoms with Crippen LogP contribution in [0, 0.1) is 34.3 Å². The highest BCUT2D eigenvalue weighted by Crippen LogP contribution is 2.55. The van der Waals surface area contributed by atoms with Gasteiger partial charge in [-0.25, -0.2) is 18.1 Å². The fourth-order valence-corrected chi connectivity index (χ4v) is 15.9. The number of carbonyl (C=O) groups is 1. The molecule has 2 saturated carbocycles. The Kier molecular flexibility index (Phi) is 15.7. The Morgan fingerprint density at radius 2 is 1.69 bits per heavy atom. The van der Waals surface area contributed by atoms with Crippen molar-refractivity contribution in [2.24, 2.45) is 17.3 Å². The van der Waals surface area contributed by atoms with Crippen LogP contribution in [0.5, 0.6) is 11.6 Å². The van der Waals surface area contributed by atoms with Crippen molar-refractivity contribution < 1.29 is 42.2 Å². The largest absolute Gasteiger partial charge is 0.493 e. The number of anilines is 5. The van der Waals surface area contributed by atoms with E-state index in [0.717, 1.165) is 119 Å². The van der Waals surface area contributed by atoms with Crippen LogP contribution >= 0.6 is 0 Å². The molecule has 0 bridgehead atoms. The van der Waals surface area contributed by atoms with Crippen LogP contribution in [0.4, 0.5) is 34.3 Å². The molecular formula is C64H78N10O10S. The minimum Gasteiger partial charge on any atom is -0.493 e. The van der Waals surface area contributed by atoms with Crippen LogP contribution in [0.1, 0.15) is 111 Å². The molecule has 1 spiro atoms. The first-order valence-electron chi connectivity index (χ1n) is 30.5. The Bertz CT molecular complexity index is 3570. The number of hydrogen-bond donors (Lipinski definition) is 4. The van der Waals surface area contributed by atoms with E-state index in [1.165, 1.54) is 28.8 Å². The number of fused-ring (bicyclic) bond motifs is 3. The van der Waals surface area contributed by atoms with Crippen molar-refractivity contribution in [2.45, 2.75) is 126 Å². The van der Waals surface area contributed by atoms with E-state index in [4.69, 9.17) is 28.9 Å². The highest BCUT2D eigenvalue weighted by atomic mass is 32.2. The average Bonchev–Trinajstić information content (AvgIpc) is 1.90. The van der Waals surface area contributed by atoms with Crippen molar-refractivity contribution in [1.29, 1.82) is 0 Å². The molecule has 20 nitrogen and oxygen atoms in total. The van der Waals surface area contributed by atoms with E-state index < -0.39 is 43.1 Å². The summed E-state index contributed by atoms with van der Waals surface area (Å²) in [7, 11) is -2.91. The van der Waals surface area contributed by atoms with Crippen molar-refractivity contribution >= 4 is 61.2 Å². The molecule has 2 aliphatic carbocycles. The van der Waals surface area contributed by atoms with Crippen LogP contribution in [0.15, 0.2) is 96.2 Å². The number of nitrogens with one attached hydrogen (secondary N) is 3. The lowest BCUT2D eigenvalue weighted by atomic mass is 9.59. The van der Waals surface area contributed by atoms with Crippen LogP contribution < -0.4 is 34.2 Å². The van der Waals surface area contributed by atoms with Gasteiger partial charge in [0.15, 0.2) is 11.6 Å². The fourth-order valence-electron chi connectivity index (χ4n) is 14.9. The van der Waals surface area contributed by atoms with Crippen molar-refractivity contribution in [3.05, 3.63) is 124 Å². The summed E-state index contributed by atoms with van der Waals surface area (Å²) < 4.78 is 54.9. The topological polar surface area (TPSA) is 230 Å². The number of nitro groups is 1. The first-order chi connectivity index (χ1) is 41.1. The molecule has 6 fully saturated rings. The molecule has 13 rings (SSSR count). The minimum absolute atomic E-state index is 0.110. The molecule has 450 valence electrons. The summed E-state index contributed by atoms with van der Waals surface area (Å²) in [6, 6.07) is 24.8.